The summed E-state index contributed by atoms with van der Waals surface area (Å²) in [4.78, 5) is 24.6. The molecule has 1 aliphatic rings. The summed E-state index contributed by atoms with van der Waals surface area (Å²) in [5.41, 5.74) is 8.57. The van der Waals surface area contributed by atoms with E-state index in [0.29, 0.717) is 17.4 Å². The van der Waals surface area contributed by atoms with Crippen molar-refractivity contribution in [2.75, 3.05) is 0 Å². The third kappa shape index (κ3) is 2.39. The lowest BCUT2D eigenvalue weighted by atomic mass is 10.1. The number of benzene rings is 2. The molecule has 5 heteroatoms. The number of rotatable bonds is 2. The van der Waals surface area contributed by atoms with E-state index in [1.807, 2.05) is 24.3 Å². The second-order valence-electron chi connectivity index (χ2n) is 5.98. The molecule has 0 fully saturated rings. The lowest BCUT2D eigenvalue weighted by molar-refractivity contribution is 0.0906. The van der Waals surface area contributed by atoms with E-state index in [2.05, 4.69) is 5.32 Å². The summed E-state index contributed by atoms with van der Waals surface area (Å²) in [5.74, 6) is -0.423. The fraction of sp³-hybridized carbons (Fsp3) is 0.158. The molecule has 0 bridgehead atoms. The van der Waals surface area contributed by atoms with Gasteiger partial charge in [0.05, 0.1) is 17.5 Å². The van der Waals surface area contributed by atoms with Crippen LogP contribution in [0.4, 0.5) is 0 Å². The number of carbonyl (C=O) groups excluding carboxylic acids is 1. The highest BCUT2D eigenvalue weighted by atomic mass is 16.3. The van der Waals surface area contributed by atoms with Gasteiger partial charge in [0.15, 0.2) is 11.2 Å². The third-order valence-electron chi connectivity index (χ3n) is 4.46. The topological polar surface area (TPSA) is 85.3 Å². The van der Waals surface area contributed by atoms with Gasteiger partial charge in [-0.25, -0.2) is 0 Å². The second-order valence-corrected chi connectivity index (χ2v) is 5.98. The van der Waals surface area contributed by atoms with Crippen molar-refractivity contribution in [1.29, 1.82) is 0 Å². The van der Waals surface area contributed by atoms with Crippen LogP contribution in [0.25, 0.3) is 11.0 Å². The molecule has 5 nitrogen and oxygen atoms in total. The Bertz CT molecular complexity index is 993. The maximum absolute atomic E-state index is 12.5. The molecule has 0 saturated heterocycles. The Balaban J connectivity index is 1.61. The van der Waals surface area contributed by atoms with Crippen molar-refractivity contribution in [3.63, 3.8) is 0 Å². The van der Waals surface area contributed by atoms with Gasteiger partial charge in [0, 0.05) is 6.07 Å². The van der Waals surface area contributed by atoms with E-state index in [1.54, 1.807) is 24.3 Å². The highest BCUT2D eigenvalue weighted by Gasteiger charge is 2.31. The Hall–Kier alpha value is -2.92. The van der Waals surface area contributed by atoms with Crippen LogP contribution in [0.1, 0.15) is 27.7 Å². The predicted molar refractivity (Wildman–Crippen MR) is 90.8 cm³/mol. The zero-order valence-electron chi connectivity index (χ0n) is 12.9. The normalized spacial score (nSPS) is 19.2. The number of hydrogen-bond donors (Lipinski definition) is 2. The highest BCUT2D eigenvalue weighted by Crippen LogP contribution is 2.29. The van der Waals surface area contributed by atoms with Crippen molar-refractivity contribution in [3.05, 3.63) is 81.7 Å². The summed E-state index contributed by atoms with van der Waals surface area (Å²) in [6, 6.07) is 15.5. The molecule has 0 spiro atoms. The lowest BCUT2D eigenvalue weighted by Gasteiger charge is -2.17. The second kappa shape index (κ2) is 5.62. The van der Waals surface area contributed by atoms with Gasteiger partial charge in [-0.2, -0.15) is 0 Å². The van der Waals surface area contributed by atoms with Crippen LogP contribution < -0.4 is 16.5 Å². The van der Waals surface area contributed by atoms with E-state index in [-0.39, 0.29) is 23.3 Å². The Kier molecular flexibility index (Phi) is 3.43. The Morgan fingerprint density at radius 1 is 1.12 bits per heavy atom. The van der Waals surface area contributed by atoms with Crippen LogP contribution in [-0.2, 0) is 6.42 Å². The van der Waals surface area contributed by atoms with Gasteiger partial charge in [-0.3, -0.25) is 9.59 Å². The summed E-state index contributed by atoms with van der Waals surface area (Å²) >= 11 is 0. The summed E-state index contributed by atoms with van der Waals surface area (Å²) in [5, 5.41) is 3.34. The van der Waals surface area contributed by atoms with Crippen LogP contribution >= 0.6 is 0 Å². The first-order chi connectivity index (χ1) is 11.6. The van der Waals surface area contributed by atoms with Gasteiger partial charge in [0.2, 0.25) is 0 Å². The molecule has 24 heavy (non-hydrogen) atoms. The van der Waals surface area contributed by atoms with E-state index >= 15 is 0 Å². The maximum Gasteiger partial charge on any atom is 0.287 e. The van der Waals surface area contributed by atoms with E-state index in [9.17, 15) is 9.59 Å². The first-order valence-electron chi connectivity index (χ1n) is 7.80. The Morgan fingerprint density at radius 3 is 2.71 bits per heavy atom. The number of amides is 1. The van der Waals surface area contributed by atoms with Crippen LogP contribution in [0, 0.1) is 0 Å². The Labute approximate surface area is 138 Å². The molecule has 3 N–H and O–H groups in total. The quantitative estimate of drug-likeness (QED) is 0.757. The molecule has 0 radical (unpaired) electrons. The van der Waals surface area contributed by atoms with Gasteiger partial charge >= 0.3 is 0 Å². The molecule has 1 aliphatic carbocycles. The van der Waals surface area contributed by atoms with Crippen molar-refractivity contribution >= 4 is 16.9 Å². The van der Waals surface area contributed by atoms with E-state index in [1.165, 1.54) is 6.07 Å². The van der Waals surface area contributed by atoms with Gasteiger partial charge in [0.1, 0.15) is 5.58 Å². The summed E-state index contributed by atoms with van der Waals surface area (Å²) < 4.78 is 5.57. The Morgan fingerprint density at radius 2 is 1.88 bits per heavy atom. The molecule has 120 valence electrons. The molecule has 1 heterocycles. The number of fused-ring (bicyclic) bond motifs is 2. The zero-order valence-corrected chi connectivity index (χ0v) is 12.9. The zero-order chi connectivity index (χ0) is 16.7. The van der Waals surface area contributed by atoms with Gasteiger partial charge < -0.3 is 15.5 Å². The molecule has 2 aromatic carbocycles. The molecular formula is C19H16N2O3. The molecule has 1 amide bonds. The number of hydrogen-bond acceptors (Lipinski definition) is 4. The fourth-order valence-corrected chi connectivity index (χ4v) is 3.22. The minimum atomic E-state index is -0.425. The first-order valence-corrected chi connectivity index (χ1v) is 7.80. The molecule has 1 aromatic heterocycles. The molecule has 0 saturated carbocycles. The minimum Gasteiger partial charge on any atom is -0.451 e. The van der Waals surface area contributed by atoms with E-state index < -0.39 is 5.91 Å². The SMILES string of the molecule is N[C@@H]1c2ccccc2C[C@H]1NC(=O)c1cc(=O)c2ccccc2o1. The number of nitrogens with two attached hydrogens (primary N) is 1. The predicted octanol–water partition coefficient (Wildman–Crippen LogP) is 2.15. The smallest absolute Gasteiger partial charge is 0.287 e. The highest BCUT2D eigenvalue weighted by molar-refractivity contribution is 5.93. The van der Waals surface area contributed by atoms with Crippen LogP contribution in [0.2, 0.25) is 0 Å². The number of carbonyl (C=O) groups is 1. The summed E-state index contributed by atoms with van der Waals surface area (Å²) in [6.45, 7) is 0. The fourth-order valence-electron chi connectivity index (χ4n) is 3.22. The molecular weight excluding hydrogens is 304 g/mol. The van der Waals surface area contributed by atoms with E-state index in [4.69, 9.17) is 10.2 Å². The van der Waals surface area contributed by atoms with Crippen LogP contribution in [0.5, 0.6) is 0 Å². The lowest BCUT2D eigenvalue weighted by Crippen LogP contribution is -2.40. The molecule has 2 atom stereocenters. The molecule has 0 aliphatic heterocycles. The third-order valence-corrected chi connectivity index (χ3v) is 4.46. The number of para-hydroxylation sites is 1. The van der Waals surface area contributed by atoms with Crippen molar-refractivity contribution in [3.8, 4) is 0 Å². The van der Waals surface area contributed by atoms with Crippen molar-refractivity contribution in [2.45, 2.75) is 18.5 Å². The summed E-state index contributed by atoms with van der Waals surface area (Å²) in [6.07, 6.45) is 0.668. The summed E-state index contributed by atoms with van der Waals surface area (Å²) in [7, 11) is 0. The van der Waals surface area contributed by atoms with Crippen molar-refractivity contribution in [1.82, 2.24) is 5.32 Å². The van der Waals surface area contributed by atoms with Crippen molar-refractivity contribution < 1.29 is 9.21 Å². The standard InChI is InChI=1S/C19H16N2O3/c20-18-12-6-2-1-5-11(12)9-14(18)21-19(23)17-10-15(22)13-7-3-4-8-16(13)24-17/h1-8,10,14,18H,9,20H2,(H,21,23)/t14-,18-/m1/s1. The average Bonchev–Trinajstić information content (AvgIpc) is 2.91. The molecule has 4 rings (SSSR count). The van der Waals surface area contributed by atoms with Gasteiger partial charge in [-0.15, -0.1) is 0 Å². The average molecular weight is 320 g/mol. The monoisotopic (exact) mass is 320 g/mol. The first kappa shape index (κ1) is 14.7. The maximum atomic E-state index is 12.5. The van der Waals surface area contributed by atoms with Crippen LogP contribution in [0.15, 0.2) is 63.8 Å². The van der Waals surface area contributed by atoms with E-state index in [0.717, 1.165) is 11.1 Å². The number of nitrogens with one attached hydrogen (secondary N) is 1. The van der Waals surface area contributed by atoms with Crippen LogP contribution in [0.3, 0.4) is 0 Å². The van der Waals surface area contributed by atoms with Crippen molar-refractivity contribution in [2.24, 2.45) is 5.73 Å². The largest absolute Gasteiger partial charge is 0.451 e. The van der Waals surface area contributed by atoms with Crippen LogP contribution in [-0.4, -0.2) is 11.9 Å². The molecule has 3 aromatic rings. The van der Waals surface area contributed by atoms with Gasteiger partial charge in [0.25, 0.3) is 5.91 Å². The van der Waals surface area contributed by atoms with Gasteiger partial charge in [-0.1, -0.05) is 36.4 Å². The minimum absolute atomic E-state index is 0.00172. The van der Waals surface area contributed by atoms with Gasteiger partial charge in [-0.05, 0) is 29.7 Å². The molecule has 0 unspecified atom stereocenters.